The fraction of sp³-hybridized carbons (Fsp3) is 0.364. The number of amides is 3. The number of fused-ring (bicyclic) bond motifs is 1. The average molecular weight is 523 g/mol. The zero-order valence-corrected chi connectivity index (χ0v) is 20.8. The standard InChI is InChI=1S/C22H24Cl2N6O5/c1-5-16(31)26-12-9-35-10-13(12)27-21-25-7-11-8-30(22(32)29(2)20(11)28-21)19-17(23)14(33-3)6-15(34-4)18(19)24/h5-7,12-13H,1,8-10H2,2-4H3,(H,26,31)(H,25,27,28)/t12-,13+/m0/s1. The molecule has 1 aromatic heterocycles. The number of nitrogens with one attached hydrogen (secondary N) is 2. The van der Waals surface area contributed by atoms with Crippen LogP contribution in [-0.4, -0.2) is 68.5 Å². The monoisotopic (exact) mass is 522 g/mol. The van der Waals surface area contributed by atoms with Gasteiger partial charge in [-0.3, -0.25) is 14.6 Å². The second-order valence-corrected chi connectivity index (χ2v) is 8.59. The lowest BCUT2D eigenvalue weighted by Crippen LogP contribution is -2.47. The summed E-state index contributed by atoms with van der Waals surface area (Å²) in [6.45, 7) is 4.30. The molecule has 186 valence electrons. The van der Waals surface area contributed by atoms with Crippen molar-refractivity contribution < 1.29 is 23.8 Å². The molecule has 2 N–H and O–H groups in total. The summed E-state index contributed by atoms with van der Waals surface area (Å²) in [5, 5.41) is 6.34. The van der Waals surface area contributed by atoms with Crippen molar-refractivity contribution in [1.29, 1.82) is 0 Å². The van der Waals surface area contributed by atoms with Gasteiger partial charge in [0.15, 0.2) is 0 Å². The molecule has 1 saturated heterocycles. The lowest BCUT2D eigenvalue weighted by Gasteiger charge is -2.35. The zero-order valence-electron chi connectivity index (χ0n) is 19.3. The van der Waals surface area contributed by atoms with E-state index in [1.54, 1.807) is 19.3 Å². The first-order chi connectivity index (χ1) is 16.8. The van der Waals surface area contributed by atoms with Crippen LogP contribution in [-0.2, 0) is 16.1 Å². The third-order valence-electron chi connectivity index (χ3n) is 5.73. The number of aromatic nitrogens is 2. The molecule has 2 aliphatic heterocycles. The number of ether oxygens (including phenoxy) is 3. The smallest absolute Gasteiger partial charge is 0.330 e. The van der Waals surface area contributed by atoms with Gasteiger partial charge in [-0.25, -0.2) is 9.78 Å². The Morgan fingerprint density at radius 2 is 1.89 bits per heavy atom. The van der Waals surface area contributed by atoms with E-state index in [4.69, 9.17) is 37.4 Å². The van der Waals surface area contributed by atoms with E-state index < -0.39 is 6.03 Å². The van der Waals surface area contributed by atoms with E-state index in [-0.39, 0.29) is 40.3 Å². The minimum atomic E-state index is -0.401. The molecule has 11 nitrogen and oxygen atoms in total. The highest BCUT2D eigenvalue weighted by Crippen LogP contribution is 2.47. The van der Waals surface area contributed by atoms with E-state index in [1.807, 2.05) is 0 Å². The van der Waals surface area contributed by atoms with Gasteiger partial charge >= 0.3 is 6.03 Å². The number of hydrogen-bond donors (Lipinski definition) is 2. The van der Waals surface area contributed by atoms with Crippen molar-refractivity contribution in [2.24, 2.45) is 0 Å². The number of benzene rings is 1. The van der Waals surface area contributed by atoms with Crippen molar-refractivity contribution in [1.82, 2.24) is 15.3 Å². The van der Waals surface area contributed by atoms with Crippen molar-refractivity contribution in [3.8, 4) is 11.5 Å². The first-order valence-corrected chi connectivity index (χ1v) is 11.3. The minimum absolute atomic E-state index is 0.124. The molecular formula is C22H24Cl2N6O5. The van der Waals surface area contributed by atoms with Crippen LogP contribution in [0.5, 0.6) is 11.5 Å². The van der Waals surface area contributed by atoms with Crippen molar-refractivity contribution in [3.05, 3.63) is 40.5 Å². The van der Waals surface area contributed by atoms with Gasteiger partial charge in [0.25, 0.3) is 0 Å². The lowest BCUT2D eigenvalue weighted by molar-refractivity contribution is -0.117. The molecule has 0 spiro atoms. The van der Waals surface area contributed by atoms with Crippen LogP contribution in [0.3, 0.4) is 0 Å². The average Bonchev–Trinajstić information content (AvgIpc) is 3.28. The summed E-state index contributed by atoms with van der Waals surface area (Å²) in [5.74, 6) is 1.06. The van der Waals surface area contributed by atoms with Gasteiger partial charge in [0, 0.05) is 24.9 Å². The quantitative estimate of drug-likeness (QED) is 0.533. The van der Waals surface area contributed by atoms with Crippen LogP contribution in [0.4, 0.5) is 22.2 Å². The largest absolute Gasteiger partial charge is 0.495 e. The maximum absolute atomic E-state index is 13.3. The van der Waals surface area contributed by atoms with Gasteiger partial charge in [-0.1, -0.05) is 29.8 Å². The van der Waals surface area contributed by atoms with Gasteiger partial charge in [0.1, 0.15) is 27.4 Å². The second kappa shape index (κ2) is 10.1. The van der Waals surface area contributed by atoms with Crippen LogP contribution in [0.1, 0.15) is 5.56 Å². The number of anilines is 3. The highest BCUT2D eigenvalue weighted by molar-refractivity contribution is 6.42. The SMILES string of the molecule is C=CC(=O)N[C@H]1COC[C@H]1Nc1ncc2c(n1)N(C)C(=O)N(c1c(Cl)c(OC)cc(OC)c1Cl)C2. The number of methoxy groups -OCH3 is 2. The first kappa shape index (κ1) is 24.8. The van der Waals surface area contributed by atoms with E-state index >= 15 is 0 Å². The normalized spacial score (nSPS) is 19.3. The molecule has 13 heteroatoms. The number of nitrogens with zero attached hydrogens (tertiary/aromatic N) is 4. The number of carbonyl (C=O) groups is 2. The van der Waals surface area contributed by atoms with Gasteiger partial charge in [0.05, 0.1) is 51.7 Å². The topological polar surface area (TPSA) is 118 Å². The zero-order chi connectivity index (χ0) is 25.3. The summed E-state index contributed by atoms with van der Waals surface area (Å²) in [4.78, 5) is 36.8. The van der Waals surface area contributed by atoms with Gasteiger partial charge in [0.2, 0.25) is 11.9 Å². The summed E-state index contributed by atoms with van der Waals surface area (Å²) in [5.41, 5.74) is 0.934. The number of hydrogen-bond acceptors (Lipinski definition) is 8. The molecule has 0 bridgehead atoms. The van der Waals surface area contributed by atoms with Crippen LogP contribution < -0.4 is 29.9 Å². The van der Waals surface area contributed by atoms with Gasteiger partial charge in [-0.05, 0) is 6.08 Å². The molecule has 0 saturated carbocycles. The van der Waals surface area contributed by atoms with Crippen LogP contribution in [0.2, 0.25) is 10.0 Å². The molecule has 2 aromatic rings. The molecule has 3 heterocycles. The summed E-state index contributed by atoms with van der Waals surface area (Å²) >= 11 is 13.1. The van der Waals surface area contributed by atoms with E-state index in [0.717, 1.165) is 0 Å². The molecular weight excluding hydrogens is 499 g/mol. The maximum atomic E-state index is 13.3. The van der Waals surface area contributed by atoms with E-state index in [2.05, 4.69) is 27.2 Å². The summed E-state index contributed by atoms with van der Waals surface area (Å²) < 4.78 is 16.1. The lowest BCUT2D eigenvalue weighted by atomic mass is 10.1. The van der Waals surface area contributed by atoms with Crippen LogP contribution >= 0.6 is 23.2 Å². The van der Waals surface area contributed by atoms with Crippen LogP contribution in [0, 0.1) is 0 Å². The maximum Gasteiger partial charge on any atom is 0.330 e. The van der Waals surface area contributed by atoms with Crippen molar-refractivity contribution in [2.45, 2.75) is 18.6 Å². The molecule has 0 radical (unpaired) electrons. The third kappa shape index (κ3) is 4.66. The Balaban J connectivity index is 1.62. The van der Waals surface area contributed by atoms with Gasteiger partial charge in [-0.15, -0.1) is 0 Å². The van der Waals surface area contributed by atoms with Crippen molar-refractivity contribution in [3.63, 3.8) is 0 Å². The van der Waals surface area contributed by atoms with Crippen molar-refractivity contribution >= 4 is 52.6 Å². The van der Waals surface area contributed by atoms with E-state index in [0.29, 0.717) is 42.0 Å². The molecule has 0 unspecified atom stereocenters. The Kier molecular flexibility index (Phi) is 7.20. The summed E-state index contributed by atoms with van der Waals surface area (Å²) in [6, 6.07) is 0.627. The number of carbonyl (C=O) groups excluding carboxylic acids is 2. The fourth-order valence-electron chi connectivity index (χ4n) is 3.91. The Hall–Kier alpha value is -3.28. The number of urea groups is 1. The summed E-state index contributed by atoms with van der Waals surface area (Å²) in [6.07, 6.45) is 2.82. The van der Waals surface area contributed by atoms with Gasteiger partial charge in [-0.2, -0.15) is 4.98 Å². The number of rotatable bonds is 7. The van der Waals surface area contributed by atoms with E-state index in [1.165, 1.54) is 30.1 Å². The third-order valence-corrected chi connectivity index (χ3v) is 6.46. The molecule has 2 atom stereocenters. The molecule has 2 aliphatic rings. The molecule has 4 rings (SSSR count). The van der Waals surface area contributed by atoms with Gasteiger partial charge < -0.3 is 24.8 Å². The predicted molar refractivity (Wildman–Crippen MR) is 132 cm³/mol. The molecule has 35 heavy (non-hydrogen) atoms. The first-order valence-electron chi connectivity index (χ1n) is 10.6. The highest BCUT2D eigenvalue weighted by atomic mass is 35.5. The van der Waals surface area contributed by atoms with Crippen molar-refractivity contribution in [2.75, 3.05) is 49.6 Å². The second-order valence-electron chi connectivity index (χ2n) is 7.84. The van der Waals surface area contributed by atoms with Crippen LogP contribution in [0.25, 0.3) is 0 Å². The van der Waals surface area contributed by atoms with E-state index in [9.17, 15) is 9.59 Å². The minimum Gasteiger partial charge on any atom is -0.495 e. The Labute approximate surface area is 211 Å². The fourth-order valence-corrected chi connectivity index (χ4v) is 4.61. The molecule has 3 amide bonds. The Morgan fingerprint density at radius 1 is 1.23 bits per heavy atom. The molecule has 1 fully saturated rings. The Morgan fingerprint density at radius 3 is 2.51 bits per heavy atom. The molecule has 0 aliphatic carbocycles. The molecule has 1 aromatic carbocycles. The predicted octanol–water partition coefficient (Wildman–Crippen LogP) is 2.86. The van der Waals surface area contributed by atoms with Crippen LogP contribution in [0.15, 0.2) is 24.9 Å². The summed E-state index contributed by atoms with van der Waals surface area (Å²) in [7, 11) is 4.51. The number of halogens is 2. The highest BCUT2D eigenvalue weighted by Gasteiger charge is 2.35. The Bertz CT molecular complexity index is 1150.